The van der Waals surface area contributed by atoms with Crippen LogP contribution in [0.25, 0.3) is 0 Å². The first-order chi connectivity index (χ1) is 8.61. The molecule has 98 valence electrons. The minimum Gasteiger partial charge on any atom is -0.399 e. The molecule has 0 saturated heterocycles. The zero-order valence-electron chi connectivity index (χ0n) is 11.3. The third kappa shape index (κ3) is 2.66. The SMILES string of the molecule is CCC(C)CC(=O)N1CCCc2ccc(N)cc21. The summed E-state index contributed by atoms with van der Waals surface area (Å²) in [4.78, 5) is 14.2. The van der Waals surface area contributed by atoms with Crippen LogP contribution in [0, 0.1) is 5.92 Å². The van der Waals surface area contributed by atoms with Crippen molar-refractivity contribution in [2.24, 2.45) is 5.92 Å². The predicted octanol–water partition coefficient (Wildman–Crippen LogP) is 2.98. The number of hydrogen-bond donors (Lipinski definition) is 1. The number of anilines is 2. The van der Waals surface area contributed by atoms with E-state index in [1.165, 1.54) is 5.56 Å². The van der Waals surface area contributed by atoms with Gasteiger partial charge in [-0.15, -0.1) is 0 Å². The number of benzene rings is 1. The van der Waals surface area contributed by atoms with Crippen molar-refractivity contribution in [3.8, 4) is 0 Å². The molecule has 0 spiro atoms. The molecule has 3 heteroatoms. The molecule has 1 amide bonds. The van der Waals surface area contributed by atoms with Crippen molar-refractivity contribution < 1.29 is 4.79 Å². The number of nitrogens with two attached hydrogens (primary N) is 1. The Morgan fingerprint density at radius 3 is 3.00 bits per heavy atom. The fourth-order valence-electron chi connectivity index (χ4n) is 2.40. The summed E-state index contributed by atoms with van der Waals surface area (Å²) in [5, 5.41) is 0. The van der Waals surface area contributed by atoms with Gasteiger partial charge < -0.3 is 10.6 Å². The van der Waals surface area contributed by atoms with Gasteiger partial charge in [0.1, 0.15) is 0 Å². The maximum atomic E-state index is 12.3. The lowest BCUT2D eigenvalue weighted by Gasteiger charge is -2.30. The standard InChI is InChI=1S/C15H22N2O/c1-3-11(2)9-15(18)17-8-4-5-12-6-7-13(16)10-14(12)17/h6-7,10-11H,3-5,8-9,16H2,1-2H3. The van der Waals surface area contributed by atoms with Crippen molar-refractivity contribution in [3.63, 3.8) is 0 Å². The number of rotatable bonds is 3. The van der Waals surface area contributed by atoms with E-state index >= 15 is 0 Å². The molecule has 18 heavy (non-hydrogen) atoms. The number of aryl methyl sites for hydroxylation is 1. The Labute approximate surface area is 109 Å². The fourth-order valence-corrected chi connectivity index (χ4v) is 2.40. The molecular weight excluding hydrogens is 224 g/mol. The molecule has 0 saturated carbocycles. The highest BCUT2D eigenvalue weighted by atomic mass is 16.2. The van der Waals surface area contributed by atoms with Crippen LogP contribution in [0.5, 0.6) is 0 Å². The Kier molecular flexibility index (Phi) is 3.90. The zero-order chi connectivity index (χ0) is 13.1. The first kappa shape index (κ1) is 12.9. The van der Waals surface area contributed by atoms with E-state index < -0.39 is 0 Å². The Morgan fingerprint density at radius 2 is 2.28 bits per heavy atom. The van der Waals surface area contributed by atoms with E-state index in [1.807, 2.05) is 23.1 Å². The van der Waals surface area contributed by atoms with Crippen LogP contribution < -0.4 is 10.6 Å². The van der Waals surface area contributed by atoms with Crippen molar-refractivity contribution in [1.29, 1.82) is 0 Å². The van der Waals surface area contributed by atoms with E-state index in [0.29, 0.717) is 12.3 Å². The van der Waals surface area contributed by atoms with Crippen LogP contribution in [0.4, 0.5) is 11.4 Å². The largest absolute Gasteiger partial charge is 0.399 e. The number of carbonyl (C=O) groups is 1. The van der Waals surface area contributed by atoms with Gasteiger partial charge in [-0.25, -0.2) is 0 Å². The van der Waals surface area contributed by atoms with E-state index in [2.05, 4.69) is 13.8 Å². The number of nitrogens with zero attached hydrogens (tertiary/aromatic N) is 1. The summed E-state index contributed by atoms with van der Waals surface area (Å²) in [6.45, 7) is 5.08. The molecule has 1 aliphatic rings. The lowest BCUT2D eigenvalue weighted by Crippen LogP contribution is -2.36. The van der Waals surface area contributed by atoms with Gasteiger partial charge in [-0.05, 0) is 36.5 Å². The molecule has 0 bridgehead atoms. The molecule has 0 radical (unpaired) electrons. The number of nitrogen functional groups attached to an aromatic ring is 1. The van der Waals surface area contributed by atoms with E-state index in [0.717, 1.165) is 37.2 Å². The van der Waals surface area contributed by atoms with Crippen LogP contribution in [0.1, 0.15) is 38.7 Å². The molecule has 0 aliphatic carbocycles. The van der Waals surface area contributed by atoms with Gasteiger partial charge in [-0.1, -0.05) is 26.3 Å². The van der Waals surface area contributed by atoms with Crippen molar-refractivity contribution in [2.75, 3.05) is 17.2 Å². The minimum absolute atomic E-state index is 0.232. The van der Waals surface area contributed by atoms with Crippen LogP contribution in [-0.2, 0) is 11.2 Å². The third-order valence-electron chi connectivity index (χ3n) is 3.75. The maximum absolute atomic E-state index is 12.3. The topological polar surface area (TPSA) is 46.3 Å². The molecule has 3 nitrogen and oxygen atoms in total. The summed E-state index contributed by atoms with van der Waals surface area (Å²) < 4.78 is 0. The molecule has 1 heterocycles. The predicted molar refractivity (Wildman–Crippen MR) is 75.6 cm³/mol. The normalized spacial score (nSPS) is 16.2. The molecule has 1 aromatic carbocycles. The Hall–Kier alpha value is -1.51. The van der Waals surface area contributed by atoms with Crippen molar-refractivity contribution >= 4 is 17.3 Å². The molecule has 1 unspecified atom stereocenters. The van der Waals surface area contributed by atoms with Crippen molar-refractivity contribution in [1.82, 2.24) is 0 Å². The van der Waals surface area contributed by atoms with Gasteiger partial charge in [-0.2, -0.15) is 0 Å². The van der Waals surface area contributed by atoms with Crippen LogP contribution in [0.15, 0.2) is 18.2 Å². The molecule has 1 atom stereocenters. The first-order valence-corrected chi connectivity index (χ1v) is 6.80. The van der Waals surface area contributed by atoms with E-state index in [1.54, 1.807) is 0 Å². The second-order valence-corrected chi connectivity index (χ2v) is 5.25. The minimum atomic E-state index is 0.232. The van der Waals surface area contributed by atoms with Gasteiger partial charge in [0.15, 0.2) is 0 Å². The van der Waals surface area contributed by atoms with Crippen LogP contribution in [0.3, 0.4) is 0 Å². The highest BCUT2D eigenvalue weighted by Gasteiger charge is 2.23. The zero-order valence-corrected chi connectivity index (χ0v) is 11.3. The fraction of sp³-hybridized carbons (Fsp3) is 0.533. The van der Waals surface area contributed by atoms with Crippen LogP contribution in [-0.4, -0.2) is 12.5 Å². The third-order valence-corrected chi connectivity index (χ3v) is 3.75. The summed E-state index contributed by atoms with van der Waals surface area (Å²) in [5.74, 6) is 0.680. The number of amides is 1. The monoisotopic (exact) mass is 246 g/mol. The lowest BCUT2D eigenvalue weighted by molar-refractivity contribution is -0.119. The van der Waals surface area contributed by atoms with Gasteiger partial charge in [0.25, 0.3) is 0 Å². The second-order valence-electron chi connectivity index (χ2n) is 5.25. The average molecular weight is 246 g/mol. The van der Waals surface area contributed by atoms with Gasteiger partial charge in [-0.3, -0.25) is 4.79 Å². The van der Waals surface area contributed by atoms with Crippen LogP contribution >= 0.6 is 0 Å². The summed E-state index contributed by atoms with van der Waals surface area (Å²) in [5.41, 5.74) is 8.83. The van der Waals surface area contributed by atoms with Crippen molar-refractivity contribution in [2.45, 2.75) is 39.5 Å². The maximum Gasteiger partial charge on any atom is 0.227 e. The lowest BCUT2D eigenvalue weighted by atomic mass is 9.99. The Balaban J connectivity index is 2.21. The summed E-state index contributed by atoms with van der Waals surface area (Å²) in [6.07, 6.45) is 3.76. The molecule has 0 aromatic heterocycles. The van der Waals surface area contributed by atoms with E-state index in [4.69, 9.17) is 5.73 Å². The van der Waals surface area contributed by atoms with Crippen molar-refractivity contribution in [3.05, 3.63) is 23.8 Å². The molecule has 1 aromatic rings. The highest BCUT2D eigenvalue weighted by Crippen LogP contribution is 2.30. The first-order valence-electron chi connectivity index (χ1n) is 6.80. The van der Waals surface area contributed by atoms with E-state index in [9.17, 15) is 4.79 Å². The summed E-state index contributed by atoms with van der Waals surface area (Å²) in [6, 6.07) is 5.90. The van der Waals surface area contributed by atoms with Gasteiger partial charge >= 0.3 is 0 Å². The van der Waals surface area contributed by atoms with Crippen LogP contribution in [0.2, 0.25) is 0 Å². The van der Waals surface area contributed by atoms with Gasteiger partial charge in [0.05, 0.1) is 0 Å². The van der Waals surface area contributed by atoms with Gasteiger partial charge in [0.2, 0.25) is 5.91 Å². The quantitative estimate of drug-likeness (QED) is 0.833. The van der Waals surface area contributed by atoms with Gasteiger partial charge in [0, 0.05) is 24.3 Å². The molecule has 2 rings (SSSR count). The second kappa shape index (κ2) is 5.42. The highest BCUT2D eigenvalue weighted by molar-refractivity contribution is 5.95. The average Bonchev–Trinajstić information content (AvgIpc) is 2.37. The Bertz CT molecular complexity index is 442. The molecule has 2 N–H and O–H groups in total. The summed E-state index contributed by atoms with van der Waals surface area (Å²) in [7, 11) is 0. The van der Waals surface area contributed by atoms with E-state index in [-0.39, 0.29) is 5.91 Å². The number of carbonyl (C=O) groups excluding carboxylic acids is 1. The molecular formula is C15H22N2O. The molecule has 0 fully saturated rings. The molecule has 1 aliphatic heterocycles. The Morgan fingerprint density at radius 1 is 1.50 bits per heavy atom. The smallest absolute Gasteiger partial charge is 0.227 e. The number of fused-ring (bicyclic) bond motifs is 1. The number of hydrogen-bond acceptors (Lipinski definition) is 2. The summed E-state index contributed by atoms with van der Waals surface area (Å²) >= 11 is 0.